The van der Waals surface area contributed by atoms with Crippen molar-refractivity contribution in [2.24, 2.45) is 0 Å². The molecule has 1 aliphatic heterocycles. The fourth-order valence-electron chi connectivity index (χ4n) is 5.19. The summed E-state index contributed by atoms with van der Waals surface area (Å²) in [6.07, 6.45) is 3.90. The van der Waals surface area contributed by atoms with E-state index in [1.807, 2.05) is 24.2 Å². The molecular weight excluding hydrogens is 456 g/mol. The molecule has 1 aliphatic rings. The summed E-state index contributed by atoms with van der Waals surface area (Å²) >= 11 is 1.82. The lowest BCUT2D eigenvalue weighted by atomic mass is 9.90. The normalized spacial score (nSPS) is 11.8. The van der Waals surface area contributed by atoms with Crippen LogP contribution in [0.25, 0.3) is 33.0 Å². The second-order valence-corrected chi connectivity index (χ2v) is 9.92. The molecular formula is C33H22N2S. The van der Waals surface area contributed by atoms with Crippen molar-refractivity contribution in [2.75, 3.05) is 4.90 Å². The second kappa shape index (κ2) is 8.71. The number of rotatable bonds is 3. The Bertz CT molecular complexity index is 1620. The summed E-state index contributed by atoms with van der Waals surface area (Å²) in [4.78, 5) is 9.36. The molecule has 2 nitrogen and oxygen atoms in total. The van der Waals surface area contributed by atoms with E-state index in [-0.39, 0.29) is 0 Å². The molecule has 0 radical (unpaired) electrons. The highest BCUT2D eigenvalue weighted by Crippen LogP contribution is 2.50. The Morgan fingerprint density at radius 1 is 0.500 bits per heavy atom. The first-order valence-corrected chi connectivity index (χ1v) is 12.9. The number of benzene rings is 5. The van der Waals surface area contributed by atoms with Crippen molar-refractivity contribution < 1.29 is 0 Å². The average Bonchev–Trinajstić information content (AvgIpc) is 2.94. The fraction of sp³-hybridized carbons (Fsp3) is 0. The molecule has 0 atom stereocenters. The van der Waals surface area contributed by atoms with Gasteiger partial charge in [0, 0.05) is 44.5 Å². The molecule has 6 aromatic rings. The zero-order valence-electron chi connectivity index (χ0n) is 19.5. The highest BCUT2D eigenvalue weighted by Gasteiger charge is 2.23. The van der Waals surface area contributed by atoms with Crippen molar-refractivity contribution in [1.82, 2.24) is 4.98 Å². The van der Waals surface area contributed by atoms with Crippen LogP contribution in [0.5, 0.6) is 0 Å². The minimum Gasteiger partial charge on any atom is -0.310 e. The number of anilines is 3. The summed E-state index contributed by atoms with van der Waals surface area (Å²) in [7, 11) is 0. The maximum Gasteiger partial charge on any atom is 0.0540 e. The molecule has 0 N–H and O–H groups in total. The van der Waals surface area contributed by atoms with Crippen molar-refractivity contribution >= 4 is 39.6 Å². The third-order valence-electron chi connectivity index (χ3n) is 6.76. The summed E-state index contributed by atoms with van der Waals surface area (Å²) < 4.78 is 0. The van der Waals surface area contributed by atoms with Gasteiger partial charge in [0.05, 0.1) is 5.69 Å². The van der Waals surface area contributed by atoms with Gasteiger partial charge in [-0.3, -0.25) is 4.98 Å². The summed E-state index contributed by atoms with van der Waals surface area (Å²) in [6, 6.07) is 43.3. The van der Waals surface area contributed by atoms with Gasteiger partial charge in [-0.25, -0.2) is 0 Å². The smallest absolute Gasteiger partial charge is 0.0540 e. The van der Waals surface area contributed by atoms with Crippen LogP contribution in [0.2, 0.25) is 0 Å². The molecule has 5 aromatic carbocycles. The maximum absolute atomic E-state index is 4.52. The van der Waals surface area contributed by atoms with Crippen LogP contribution >= 0.6 is 11.8 Å². The molecule has 170 valence electrons. The molecule has 0 amide bonds. The Morgan fingerprint density at radius 2 is 1.14 bits per heavy atom. The number of para-hydroxylation sites is 2. The van der Waals surface area contributed by atoms with Gasteiger partial charge in [0.2, 0.25) is 0 Å². The fourth-order valence-corrected chi connectivity index (χ4v) is 6.26. The van der Waals surface area contributed by atoms with Crippen molar-refractivity contribution in [3.8, 4) is 22.3 Å². The Hall–Kier alpha value is -4.34. The summed E-state index contributed by atoms with van der Waals surface area (Å²) in [5.74, 6) is 0. The molecule has 1 aromatic heterocycles. The summed E-state index contributed by atoms with van der Waals surface area (Å²) in [5.41, 5.74) is 8.33. The standard InChI is InChI=1S/C33H22N2S/c1-3-10-23(11-4-1)35(24-12-5-2-6-13-24)30-19-18-27-29-22-34-21-20-32(29)36-31-17-8-7-14-25(31)26-15-9-16-28(30)33(26)27/h1-22H. The number of aromatic nitrogens is 1. The first kappa shape index (κ1) is 21.0. The van der Waals surface area contributed by atoms with Crippen molar-refractivity contribution in [1.29, 1.82) is 0 Å². The van der Waals surface area contributed by atoms with Gasteiger partial charge in [-0.15, -0.1) is 0 Å². The first-order chi connectivity index (χ1) is 17.9. The van der Waals surface area contributed by atoms with Crippen LogP contribution in [-0.4, -0.2) is 4.98 Å². The zero-order valence-corrected chi connectivity index (χ0v) is 20.3. The quantitative estimate of drug-likeness (QED) is 0.251. The van der Waals surface area contributed by atoms with E-state index in [0.29, 0.717) is 0 Å². The molecule has 0 unspecified atom stereocenters. The number of pyridine rings is 1. The molecule has 0 saturated heterocycles. The molecule has 0 spiro atoms. The molecule has 36 heavy (non-hydrogen) atoms. The Morgan fingerprint density at radius 3 is 1.92 bits per heavy atom. The maximum atomic E-state index is 4.52. The topological polar surface area (TPSA) is 16.1 Å². The van der Waals surface area contributed by atoms with Crippen molar-refractivity contribution in [2.45, 2.75) is 9.79 Å². The van der Waals surface area contributed by atoms with Gasteiger partial charge in [0.25, 0.3) is 0 Å². The van der Waals surface area contributed by atoms with Crippen LogP contribution < -0.4 is 4.90 Å². The third-order valence-corrected chi connectivity index (χ3v) is 7.91. The van der Waals surface area contributed by atoms with E-state index < -0.39 is 0 Å². The Kier molecular flexibility index (Phi) is 5.07. The molecule has 0 bridgehead atoms. The molecule has 0 aliphatic carbocycles. The van der Waals surface area contributed by atoms with Crippen LogP contribution in [0.4, 0.5) is 17.1 Å². The van der Waals surface area contributed by atoms with Gasteiger partial charge in [-0.1, -0.05) is 90.6 Å². The Labute approximate surface area is 214 Å². The minimum atomic E-state index is 1.13. The minimum absolute atomic E-state index is 1.13. The lowest BCUT2D eigenvalue weighted by molar-refractivity contribution is 1.26. The highest BCUT2D eigenvalue weighted by atomic mass is 32.2. The molecule has 0 saturated carbocycles. The number of hydrogen-bond donors (Lipinski definition) is 0. The number of nitrogens with zero attached hydrogens (tertiary/aromatic N) is 2. The molecule has 0 fully saturated rings. The van der Waals surface area contributed by atoms with E-state index in [4.69, 9.17) is 0 Å². The zero-order chi connectivity index (χ0) is 23.9. The number of hydrogen-bond acceptors (Lipinski definition) is 3. The van der Waals surface area contributed by atoms with E-state index in [2.05, 4.69) is 131 Å². The monoisotopic (exact) mass is 478 g/mol. The first-order valence-electron chi connectivity index (χ1n) is 12.1. The second-order valence-electron chi connectivity index (χ2n) is 8.84. The SMILES string of the molecule is c1ccc(N(c2ccccc2)c2ccc3c4c(cccc24)-c2ccccc2Sc2ccncc2-3)cc1. The van der Waals surface area contributed by atoms with E-state index in [1.165, 1.54) is 42.8 Å². The van der Waals surface area contributed by atoms with Crippen LogP contribution in [-0.2, 0) is 0 Å². The Balaban J connectivity index is 1.60. The lowest BCUT2D eigenvalue weighted by Crippen LogP contribution is -2.10. The summed E-state index contributed by atoms with van der Waals surface area (Å²) in [5, 5.41) is 2.48. The van der Waals surface area contributed by atoms with E-state index in [9.17, 15) is 0 Å². The van der Waals surface area contributed by atoms with Crippen LogP contribution in [0.15, 0.2) is 144 Å². The molecule has 7 rings (SSSR count). The van der Waals surface area contributed by atoms with Gasteiger partial charge in [0.1, 0.15) is 0 Å². The predicted octanol–water partition coefficient (Wildman–Crippen LogP) is 9.50. The van der Waals surface area contributed by atoms with Gasteiger partial charge in [0.15, 0.2) is 0 Å². The predicted molar refractivity (Wildman–Crippen MR) is 151 cm³/mol. The van der Waals surface area contributed by atoms with Crippen LogP contribution in [0, 0.1) is 0 Å². The van der Waals surface area contributed by atoms with E-state index in [0.717, 1.165) is 17.1 Å². The van der Waals surface area contributed by atoms with Gasteiger partial charge < -0.3 is 4.90 Å². The average molecular weight is 479 g/mol. The summed E-state index contributed by atoms with van der Waals surface area (Å²) in [6.45, 7) is 0. The lowest BCUT2D eigenvalue weighted by Gasteiger charge is -2.28. The van der Waals surface area contributed by atoms with Crippen LogP contribution in [0.1, 0.15) is 0 Å². The van der Waals surface area contributed by atoms with Gasteiger partial charge in [-0.05, 0) is 64.5 Å². The van der Waals surface area contributed by atoms with Gasteiger partial charge in [-0.2, -0.15) is 0 Å². The highest BCUT2D eigenvalue weighted by molar-refractivity contribution is 7.99. The van der Waals surface area contributed by atoms with Crippen LogP contribution in [0.3, 0.4) is 0 Å². The third kappa shape index (κ3) is 3.40. The van der Waals surface area contributed by atoms with E-state index in [1.54, 1.807) is 0 Å². The largest absolute Gasteiger partial charge is 0.310 e. The molecule has 3 heteroatoms. The van der Waals surface area contributed by atoms with E-state index >= 15 is 0 Å². The van der Waals surface area contributed by atoms with Crippen molar-refractivity contribution in [3.05, 3.63) is 134 Å². The number of fused-ring (bicyclic) bond motifs is 4. The molecule has 2 heterocycles. The van der Waals surface area contributed by atoms with Gasteiger partial charge >= 0.3 is 0 Å². The van der Waals surface area contributed by atoms with Crippen molar-refractivity contribution in [3.63, 3.8) is 0 Å².